The van der Waals surface area contributed by atoms with Crippen molar-refractivity contribution in [3.63, 3.8) is 0 Å². The van der Waals surface area contributed by atoms with E-state index in [2.05, 4.69) is 9.97 Å². The van der Waals surface area contributed by atoms with Crippen molar-refractivity contribution in [3.05, 3.63) is 23.8 Å². The van der Waals surface area contributed by atoms with E-state index in [0.717, 1.165) is 31.7 Å². The Balaban J connectivity index is 1.49. The normalized spacial score (nSPS) is 25.2. The van der Waals surface area contributed by atoms with Crippen LogP contribution in [0.4, 0.5) is 19.4 Å². The number of aliphatic hydroxyl groups is 1. The van der Waals surface area contributed by atoms with Gasteiger partial charge in [0.05, 0.1) is 24.8 Å². The van der Waals surface area contributed by atoms with Gasteiger partial charge in [-0.15, -0.1) is 0 Å². The first-order valence-corrected chi connectivity index (χ1v) is 12.1. The van der Waals surface area contributed by atoms with Crippen molar-refractivity contribution in [1.82, 2.24) is 14.9 Å². The quantitative estimate of drug-likeness (QED) is 0.677. The van der Waals surface area contributed by atoms with Gasteiger partial charge in [-0.1, -0.05) is 0 Å². The number of aromatic nitrogens is 2. The molecule has 8 nitrogen and oxygen atoms in total. The third-order valence-corrected chi connectivity index (χ3v) is 7.29. The molecule has 1 aromatic heterocycles. The molecular formula is C25H32F2N4O4. The number of halogens is 2. The molecule has 0 radical (unpaired) electrons. The van der Waals surface area contributed by atoms with E-state index < -0.39 is 22.8 Å². The number of anilines is 1. The number of fused-ring (bicyclic) bond motifs is 3. The van der Waals surface area contributed by atoms with Crippen molar-refractivity contribution < 1.29 is 28.2 Å². The minimum atomic E-state index is -0.793. The number of piperazine rings is 1. The number of rotatable bonds is 5. The number of nitrogens with zero attached hydrogens (tertiary/aromatic N) is 4. The lowest BCUT2D eigenvalue weighted by Gasteiger charge is -2.47. The summed E-state index contributed by atoms with van der Waals surface area (Å²) in [5.41, 5.74) is -1.45. The lowest BCUT2D eigenvalue weighted by molar-refractivity contribution is -0.00280. The SMILES string of the molecule is CC(C)(C)OC(=O)N1[C@@H]2CC[C@@]1(C)CN(c1nc(OCC3(CO)CC3)nc3c(F)cc(F)cc13)C2. The maximum atomic E-state index is 14.8. The van der Waals surface area contributed by atoms with E-state index >= 15 is 0 Å². The van der Waals surface area contributed by atoms with Gasteiger partial charge in [-0.25, -0.2) is 13.6 Å². The Morgan fingerprint density at radius 2 is 1.97 bits per heavy atom. The average molecular weight is 491 g/mol. The average Bonchev–Trinajstić information content (AvgIpc) is 3.50. The van der Waals surface area contributed by atoms with Crippen molar-refractivity contribution in [2.24, 2.45) is 5.41 Å². The molecule has 190 valence electrons. The van der Waals surface area contributed by atoms with Gasteiger partial charge < -0.3 is 19.5 Å². The van der Waals surface area contributed by atoms with Crippen LogP contribution in [0.3, 0.4) is 0 Å². The fourth-order valence-electron chi connectivity index (χ4n) is 5.24. The van der Waals surface area contributed by atoms with Crippen molar-refractivity contribution in [3.8, 4) is 6.01 Å². The first-order chi connectivity index (χ1) is 16.4. The van der Waals surface area contributed by atoms with Crippen LogP contribution in [-0.2, 0) is 4.74 Å². The molecule has 2 saturated heterocycles. The van der Waals surface area contributed by atoms with E-state index in [-0.39, 0.29) is 47.7 Å². The Hall–Kier alpha value is -2.75. The zero-order valence-electron chi connectivity index (χ0n) is 20.6. The van der Waals surface area contributed by atoms with E-state index in [4.69, 9.17) is 9.47 Å². The van der Waals surface area contributed by atoms with Gasteiger partial charge in [0, 0.05) is 30.0 Å². The van der Waals surface area contributed by atoms with Crippen LogP contribution in [0.1, 0.15) is 53.4 Å². The summed E-state index contributed by atoms with van der Waals surface area (Å²) in [6.07, 6.45) is 2.91. The van der Waals surface area contributed by atoms with Gasteiger partial charge in [-0.05, 0) is 59.4 Å². The van der Waals surface area contributed by atoms with E-state index in [0.29, 0.717) is 18.9 Å². The van der Waals surface area contributed by atoms with Crippen molar-refractivity contribution >= 4 is 22.8 Å². The minimum Gasteiger partial charge on any atom is -0.463 e. The zero-order valence-corrected chi connectivity index (χ0v) is 20.6. The third-order valence-electron chi connectivity index (χ3n) is 7.29. The molecule has 0 spiro atoms. The van der Waals surface area contributed by atoms with Crippen LogP contribution in [-0.4, -0.2) is 69.6 Å². The lowest BCUT2D eigenvalue weighted by atomic mass is 9.97. The predicted molar refractivity (Wildman–Crippen MR) is 125 cm³/mol. The summed E-state index contributed by atoms with van der Waals surface area (Å²) in [6, 6.07) is 1.90. The molecule has 1 amide bonds. The fourth-order valence-corrected chi connectivity index (χ4v) is 5.24. The fraction of sp³-hybridized carbons (Fsp3) is 0.640. The molecule has 3 fully saturated rings. The van der Waals surface area contributed by atoms with Gasteiger partial charge in [-0.2, -0.15) is 9.97 Å². The van der Waals surface area contributed by atoms with Crippen LogP contribution in [0.5, 0.6) is 6.01 Å². The van der Waals surface area contributed by atoms with Crippen LogP contribution in [0.2, 0.25) is 0 Å². The van der Waals surface area contributed by atoms with Crippen molar-refractivity contribution in [1.29, 1.82) is 0 Å². The molecule has 1 saturated carbocycles. The molecule has 1 aromatic carbocycles. The van der Waals surface area contributed by atoms with E-state index in [1.165, 1.54) is 6.07 Å². The topological polar surface area (TPSA) is 88.0 Å². The summed E-state index contributed by atoms with van der Waals surface area (Å²) in [5.74, 6) is -1.13. The van der Waals surface area contributed by atoms with E-state index in [1.54, 1.807) is 0 Å². The number of hydrogen-bond donors (Lipinski definition) is 1. The van der Waals surface area contributed by atoms with Crippen LogP contribution >= 0.6 is 0 Å². The molecule has 35 heavy (non-hydrogen) atoms. The number of carbonyl (C=O) groups excluding carboxylic acids is 1. The Morgan fingerprint density at radius 1 is 1.23 bits per heavy atom. The lowest BCUT2D eigenvalue weighted by Crippen LogP contribution is -2.63. The minimum absolute atomic E-state index is 0.000327. The molecule has 2 atom stereocenters. The van der Waals surface area contributed by atoms with Crippen LogP contribution in [0, 0.1) is 17.0 Å². The van der Waals surface area contributed by atoms with Crippen molar-refractivity contribution in [2.75, 3.05) is 31.2 Å². The molecule has 0 unspecified atom stereocenters. The van der Waals surface area contributed by atoms with Crippen LogP contribution in [0.15, 0.2) is 12.1 Å². The van der Waals surface area contributed by atoms with E-state index in [9.17, 15) is 18.7 Å². The summed E-state index contributed by atoms with van der Waals surface area (Å²) in [7, 11) is 0. The second-order valence-corrected chi connectivity index (χ2v) is 11.5. The molecule has 2 bridgehead atoms. The molecular weight excluding hydrogens is 458 g/mol. The first-order valence-electron chi connectivity index (χ1n) is 12.1. The monoisotopic (exact) mass is 490 g/mol. The summed E-state index contributed by atoms with van der Waals surface area (Å²) in [6.45, 7) is 8.61. The number of carbonyl (C=O) groups is 1. The van der Waals surface area contributed by atoms with Gasteiger partial charge in [0.2, 0.25) is 0 Å². The maximum Gasteiger partial charge on any atom is 0.411 e. The molecule has 1 aliphatic carbocycles. The summed E-state index contributed by atoms with van der Waals surface area (Å²) in [4.78, 5) is 25.6. The zero-order chi connectivity index (χ0) is 25.2. The second kappa shape index (κ2) is 8.15. The highest BCUT2D eigenvalue weighted by molar-refractivity contribution is 5.90. The predicted octanol–water partition coefficient (Wildman–Crippen LogP) is 4.04. The Morgan fingerprint density at radius 3 is 2.60 bits per heavy atom. The smallest absolute Gasteiger partial charge is 0.411 e. The van der Waals surface area contributed by atoms with Crippen LogP contribution in [0.25, 0.3) is 10.9 Å². The van der Waals surface area contributed by atoms with Gasteiger partial charge in [0.15, 0.2) is 5.82 Å². The number of amides is 1. The second-order valence-electron chi connectivity index (χ2n) is 11.5. The highest BCUT2D eigenvalue weighted by Crippen LogP contribution is 2.46. The number of hydrogen-bond acceptors (Lipinski definition) is 7. The molecule has 5 rings (SSSR count). The summed E-state index contributed by atoms with van der Waals surface area (Å²) >= 11 is 0. The van der Waals surface area contributed by atoms with Crippen LogP contribution < -0.4 is 9.64 Å². The molecule has 2 aliphatic heterocycles. The third kappa shape index (κ3) is 4.48. The highest BCUT2D eigenvalue weighted by atomic mass is 19.1. The Labute approximate surface area is 203 Å². The number of ether oxygens (including phenoxy) is 2. The summed E-state index contributed by atoms with van der Waals surface area (Å²) < 4.78 is 40.5. The van der Waals surface area contributed by atoms with Gasteiger partial charge in [0.25, 0.3) is 0 Å². The first kappa shape index (κ1) is 24.0. The highest BCUT2D eigenvalue weighted by Gasteiger charge is 2.52. The maximum absolute atomic E-state index is 14.8. The van der Waals surface area contributed by atoms with Gasteiger partial charge in [-0.3, -0.25) is 4.90 Å². The molecule has 3 aliphatic rings. The largest absolute Gasteiger partial charge is 0.463 e. The number of benzene rings is 1. The van der Waals surface area contributed by atoms with Crippen molar-refractivity contribution in [2.45, 2.75) is 70.6 Å². The Kier molecular flexibility index (Phi) is 5.58. The molecule has 3 heterocycles. The van der Waals surface area contributed by atoms with Gasteiger partial charge in [0.1, 0.15) is 22.8 Å². The standard InChI is InChI=1S/C25H32F2N4O4/c1-23(2,3)35-22(33)31-16-5-6-24(31,4)12-30(11-16)20-17-9-15(26)10-18(27)19(17)28-21(29-20)34-14-25(13-32)7-8-25/h9-10,16,32H,5-8,11-14H2,1-4H3/t16-,24+/m1/s1. The molecule has 10 heteroatoms. The molecule has 1 N–H and O–H groups in total. The molecule has 2 aromatic rings. The van der Waals surface area contributed by atoms with E-state index in [1.807, 2.05) is 37.5 Å². The summed E-state index contributed by atoms with van der Waals surface area (Å²) in [5, 5.41) is 9.86. The Bertz CT molecular complexity index is 1170. The number of aliphatic hydroxyl groups excluding tert-OH is 1. The van der Waals surface area contributed by atoms with Gasteiger partial charge >= 0.3 is 12.1 Å².